The van der Waals surface area contributed by atoms with Gasteiger partial charge in [-0.3, -0.25) is 4.90 Å². The Morgan fingerprint density at radius 2 is 1.19 bits per heavy atom. The van der Waals surface area contributed by atoms with Crippen LogP contribution in [0.25, 0.3) is 0 Å². The summed E-state index contributed by atoms with van der Waals surface area (Å²) in [5, 5.41) is 0. The first-order chi connectivity index (χ1) is 6.81. The van der Waals surface area contributed by atoms with Crippen molar-refractivity contribution in [1.29, 1.82) is 0 Å². The summed E-state index contributed by atoms with van der Waals surface area (Å²) >= 11 is 0. The first-order valence-corrected chi connectivity index (χ1v) is 6.55. The third-order valence-electron chi connectivity index (χ3n) is 6.99. The summed E-state index contributed by atoms with van der Waals surface area (Å²) in [5.74, 6) is 0.674. The Bertz CT molecular complexity index is 258. The summed E-state index contributed by atoms with van der Waals surface area (Å²) in [7, 11) is 2.29. The molecule has 1 nitrogen and oxygen atoms in total. The highest BCUT2D eigenvalue weighted by Crippen LogP contribution is 2.60. The average molecular weight is 225 g/mol. The minimum Gasteiger partial charge on any atom is -0.295 e. The third-order valence-corrected chi connectivity index (χ3v) is 6.99. The lowest BCUT2D eigenvalue weighted by Crippen LogP contribution is -2.73. The van der Waals surface area contributed by atoms with E-state index in [1.807, 2.05) is 0 Å². The monoisotopic (exact) mass is 225 g/mol. The Kier molecular flexibility index (Phi) is 2.85. The second kappa shape index (κ2) is 3.25. The highest BCUT2D eigenvalue weighted by Gasteiger charge is 2.61. The Labute approximate surface area is 103 Å². The molecule has 0 aliphatic carbocycles. The molecule has 0 N–H and O–H groups in total. The fraction of sp³-hybridized carbons (Fsp3) is 1.00. The second-order valence-electron chi connectivity index (χ2n) is 7.84. The molecule has 0 amide bonds. The van der Waals surface area contributed by atoms with Gasteiger partial charge in [0.25, 0.3) is 0 Å². The van der Waals surface area contributed by atoms with Gasteiger partial charge in [0.15, 0.2) is 0 Å². The zero-order valence-corrected chi connectivity index (χ0v) is 13.0. The smallest absolute Gasteiger partial charge is 0.0211 e. The van der Waals surface area contributed by atoms with Crippen LogP contribution >= 0.6 is 0 Å². The summed E-state index contributed by atoms with van der Waals surface area (Å²) in [6, 6.07) is 0. The van der Waals surface area contributed by atoms with E-state index in [9.17, 15) is 0 Å². The van der Waals surface area contributed by atoms with Crippen molar-refractivity contribution >= 4 is 0 Å². The quantitative estimate of drug-likeness (QED) is 0.598. The summed E-state index contributed by atoms with van der Waals surface area (Å²) in [6.45, 7) is 21.7. The van der Waals surface area contributed by atoms with Gasteiger partial charge < -0.3 is 0 Å². The molecule has 0 saturated carbocycles. The molecule has 0 aromatic rings. The van der Waals surface area contributed by atoms with Crippen LogP contribution in [0.5, 0.6) is 0 Å². The van der Waals surface area contributed by atoms with E-state index in [1.165, 1.54) is 0 Å². The van der Waals surface area contributed by atoms with Crippen LogP contribution in [-0.2, 0) is 0 Å². The summed E-state index contributed by atoms with van der Waals surface area (Å²) in [5.41, 5.74) is 1.10. The predicted octanol–water partition coefficient (Wildman–Crippen LogP) is 4.18. The van der Waals surface area contributed by atoms with Gasteiger partial charge in [0.1, 0.15) is 0 Å². The van der Waals surface area contributed by atoms with Crippen LogP contribution < -0.4 is 0 Å². The van der Waals surface area contributed by atoms with E-state index >= 15 is 0 Å². The lowest BCUT2D eigenvalue weighted by molar-refractivity contribution is -0.194. The predicted molar refractivity (Wildman–Crippen MR) is 72.6 cm³/mol. The van der Waals surface area contributed by atoms with Gasteiger partial charge in [-0.05, 0) is 51.5 Å². The van der Waals surface area contributed by atoms with Gasteiger partial charge in [0.05, 0.1) is 0 Å². The van der Waals surface area contributed by atoms with E-state index in [1.54, 1.807) is 0 Å². The molecule has 1 saturated heterocycles. The molecule has 96 valence electrons. The third kappa shape index (κ3) is 1.33. The normalized spacial score (nSPS) is 36.0. The molecule has 1 heterocycles. The highest BCUT2D eigenvalue weighted by atomic mass is 15.3. The molecule has 0 aromatic carbocycles. The number of nitrogens with zero attached hydrogens (tertiary/aromatic N) is 1. The number of likely N-dealkylation sites (tertiary alicyclic amines) is 1. The van der Waals surface area contributed by atoms with E-state index in [0.29, 0.717) is 16.7 Å². The number of hydrogen-bond donors (Lipinski definition) is 0. The van der Waals surface area contributed by atoms with Crippen molar-refractivity contribution in [3.05, 3.63) is 0 Å². The van der Waals surface area contributed by atoms with Crippen molar-refractivity contribution in [2.75, 3.05) is 7.05 Å². The maximum atomic E-state index is 2.58. The first-order valence-electron chi connectivity index (χ1n) is 6.55. The topological polar surface area (TPSA) is 3.24 Å². The van der Waals surface area contributed by atoms with Crippen LogP contribution in [0.15, 0.2) is 0 Å². The van der Waals surface area contributed by atoms with E-state index in [2.05, 4.69) is 74.3 Å². The van der Waals surface area contributed by atoms with Gasteiger partial charge >= 0.3 is 0 Å². The van der Waals surface area contributed by atoms with Crippen LogP contribution in [0.4, 0.5) is 0 Å². The molecule has 16 heavy (non-hydrogen) atoms. The SMILES string of the molecule is CC1C(C)(C)N(C)C(C)(C)C(C)(C)C1(C)C. The number of rotatable bonds is 0. The van der Waals surface area contributed by atoms with Crippen LogP contribution in [-0.4, -0.2) is 23.0 Å². The molecule has 1 fully saturated rings. The van der Waals surface area contributed by atoms with Crippen LogP contribution in [0.3, 0.4) is 0 Å². The lowest BCUT2D eigenvalue weighted by Gasteiger charge is -2.69. The molecular weight excluding hydrogens is 194 g/mol. The van der Waals surface area contributed by atoms with Gasteiger partial charge in [0, 0.05) is 11.1 Å². The largest absolute Gasteiger partial charge is 0.295 e. The van der Waals surface area contributed by atoms with Crippen LogP contribution in [0.2, 0.25) is 0 Å². The molecule has 1 aliphatic rings. The van der Waals surface area contributed by atoms with Crippen molar-refractivity contribution < 1.29 is 0 Å². The van der Waals surface area contributed by atoms with E-state index in [0.717, 1.165) is 0 Å². The van der Waals surface area contributed by atoms with Crippen molar-refractivity contribution in [3.63, 3.8) is 0 Å². The highest BCUT2D eigenvalue weighted by molar-refractivity contribution is 5.14. The van der Waals surface area contributed by atoms with Crippen molar-refractivity contribution in [2.24, 2.45) is 16.7 Å². The van der Waals surface area contributed by atoms with Gasteiger partial charge in [-0.2, -0.15) is 0 Å². The summed E-state index contributed by atoms with van der Waals surface area (Å²) in [6.07, 6.45) is 0. The van der Waals surface area contributed by atoms with E-state index < -0.39 is 0 Å². The van der Waals surface area contributed by atoms with Crippen molar-refractivity contribution in [1.82, 2.24) is 4.90 Å². The summed E-state index contributed by atoms with van der Waals surface area (Å²) in [4.78, 5) is 2.58. The minimum atomic E-state index is 0.215. The molecule has 0 spiro atoms. The molecule has 1 rings (SSSR count). The standard InChI is InChI=1S/C15H31N/c1-11-12(2,3)14(6,7)15(8,9)16(10)13(11,4)5/h11H,1-10H3. The Balaban J connectivity index is 3.40. The number of hydrogen-bond acceptors (Lipinski definition) is 1. The zero-order chi connectivity index (χ0) is 13.2. The Morgan fingerprint density at radius 1 is 0.812 bits per heavy atom. The van der Waals surface area contributed by atoms with Gasteiger partial charge in [-0.25, -0.2) is 0 Å². The summed E-state index contributed by atoms with van der Waals surface area (Å²) < 4.78 is 0. The Hall–Kier alpha value is -0.0400. The lowest BCUT2D eigenvalue weighted by atomic mass is 9.47. The van der Waals surface area contributed by atoms with Crippen molar-refractivity contribution in [3.8, 4) is 0 Å². The number of piperidine rings is 1. The molecular formula is C15H31N. The molecule has 0 aromatic heterocycles. The maximum absolute atomic E-state index is 2.58. The zero-order valence-electron chi connectivity index (χ0n) is 13.0. The molecule has 1 unspecified atom stereocenters. The van der Waals surface area contributed by atoms with Crippen LogP contribution in [0.1, 0.15) is 62.3 Å². The second-order valence-corrected chi connectivity index (χ2v) is 7.84. The van der Waals surface area contributed by atoms with Crippen molar-refractivity contribution in [2.45, 2.75) is 73.4 Å². The van der Waals surface area contributed by atoms with E-state index in [-0.39, 0.29) is 11.1 Å². The molecule has 0 radical (unpaired) electrons. The van der Waals surface area contributed by atoms with E-state index in [4.69, 9.17) is 0 Å². The molecule has 1 heteroatoms. The fourth-order valence-corrected chi connectivity index (χ4v) is 3.64. The first kappa shape index (κ1) is 14.0. The minimum absolute atomic E-state index is 0.215. The molecule has 0 bridgehead atoms. The fourth-order valence-electron chi connectivity index (χ4n) is 3.64. The Morgan fingerprint density at radius 3 is 1.56 bits per heavy atom. The van der Waals surface area contributed by atoms with Gasteiger partial charge in [0.2, 0.25) is 0 Å². The van der Waals surface area contributed by atoms with Gasteiger partial charge in [-0.15, -0.1) is 0 Å². The average Bonchev–Trinajstić information content (AvgIpc) is 2.13. The molecule has 1 atom stereocenters. The van der Waals surface area contributed by atoms with Gasteiger partial charge in [-0.1, -0.05) is 34.6 Å². The maximum Gasteiger partial charge on any atom is 0.0211 e. The molecule has 1 aliphatic heterocycles. The van der Waals surface area contributed by atoms with Crippen LogP contribution in [0, 0.1) is 16.7 Å².